The lowest BCUT2D eigenvalue weighted by atomic mass is 10.0. The van der Waals surface area contributed by atoms with Gasteiger partial charge >= 0.3 is 12.1 Å². The van der Waals surface area contributed by atoms with E-state index in [1.54, 1.807) is 24.3 Å². The van der Waals surface area contributed by atoms with Gasteiger partial charge in [0.05, 0.1) is 5.56 Å². The Hall–Kier alpha value is -2.50. The van der Waals surface area contributed by atoms with Gasteiger partial charge in [0.1, 0.15) is 12.4 Å². The van der Waals surface area contributed by atoms with Crippen LogP contribution in [-0.2, 0) is 28.7 Å². The van der Waals surface area contributed by atoms with E-state index in [1.807, 2.05) is 6.07 Å². The Bertz CT molecular complexity index is 667. The Morgan fingerprint density at radius 3 is 2.39 bits per heavy atom. The molecule has 0 aliphatic carbocycles. The van der Waals surface area contributed by atoms with Gasteiger partial charge in [0, 0.05) is 12.0 Å². The number of rotatable bonds is 5. The number of benzene rings is 2. The average Bonchev–Trinajstić information content (AvgIpc) is 2.51. The van der Waals surface area contributed by atoms with Crippen LogP contribution >= 0.6 is 0 Å². The van der Waals surface area contributed by atoms with Crippen molar-refractivity contribution >= 4 is 5.97 Å². The van der Waals surface area contributed by atoms with E-state index >= 15 is 0 Å². The predicted molar refractivity (Wildman–Crippen MR) is 77.7 cm³/mol. The van der Waals surface area contributed by atoms with Gasteiger partial charge < -0.3 is 9.84 Å². The second-order valence-corrected chi connectivity index (χ2v) is 4.95. The highest BCUT2D eigenvalue weighted by Gasteiger charge is 2.34. The van der Waals surface area contributed by atoms with Crippen LogP contribution in [0, 0.1) is 0 Å². The smallest absolute Gasteiger partial charge is 0.416 e. The molecule has 0 aliphatic heterocycles. The first-order valence-corrected chi connectivity index (χ1v) is 6.95. The summed E-state index contributed by atoms with van der Waals surface area (Å²) in [4.78, 5) is 11.7. The number of phenols is 1. The SMILES string of the molecule is O=C(CCc1c(O)cccc1C(F)(F)F)OCc1ccccc1. The number of phenolic OH excluding ortho intramolecular Hbond substituents is 1. The van der Waals surface area contributed by atoms with Gasteiger partial charge in [0.25, 0.3) is 0 Å². The molecule has 0 bridgehead atoms. The topological polar surface area (TPSA) is 46.5 Å². The number of hydrogen-bond acceptors (Lipinski definition) is 3. The Morgan fingerprint density at radius 1 is 1.04 bits per heavy atom. The Kier molecular flexibility index (Phi) is 5.26. The maximum Gasteiger partial charge on any atom is 0.416 e. The summed E-state index contributed by atoms with van der Waals surface area (Å²) in [5.74, 6) is -1.10. The molecule has 2 aromatic rings. The number of esters is 1. The van der Waals surface area contributed by atoms with Crippen molar-refractivity contribution in [2.75, 3.05) is 0 Å². The molecule has 3 nitrogen and oxygen atoms in total. The molecule has 0 saturated heterocycles. The minimum atomic E-state index is -4.58. The van der Waals surface area contributed by atoms with Crippen molar-refractivity contribution in [2.45, 2.75) is 25.6 Å². The number of ether oxygens (including phenoxy) is 1. The average molecular weight is 324 g/mol. The van der Waals surface area contributed by atoms with Crippen LogP contribution in [0.3, 0.4) is 0 Å². The van der Waals surface area contributed by atoms with E-state index in [0.717, 1.165) is 17.7 Å². The van der Waals surface area contributed by atoms with Crippen molar-refractivity contribution in [3.63, 3.8) is 0 Å². The van der Waals surface area contributed by atoms with Gasteiger partial charge in [0.2, 0.25) is 0 Å². The van der Waals surface area contributed by atoms with Crippen LogP contribution in [0.2, 0.25) is 0 Å². The van der Waals surface area contributed by atoms with Gasteiger partial charge in [-0.25, -0.2) is 0 Å². The van der Waals surface area contributed by atoms with E-state index in [4.69, 9.17) is 4.74 Å². The highest BCUT2D eigenvalue weighted by molar-refractivity contribution is 5.70. The van der Waals surface area contributed by atoms with E-state index in [1.165, 1.54) is 6.07 Å². The lowest BCUT2D eigenvalue weighted by Crippen LogP contribution is -2.12. The molecule has 0 unspecified atom stereocenters. The molecule has 2 rings (SSSR count). The number of alkyl halides is 3. The maximum absolute atomic E-state index is 12.9. The first-order valence-electron chi connectivity index (χ1n) is 6.95. The van der Waals surface area contributed by atoms with Gasteiger partial charge in [-0.15, -0.1) is 0 Å². The van der Waals surface area contributed by atoms with Crippen molar-refractivity contribution in [3.8, 4) is 5.75 Å². The van der Waals surface area contributed by atoms with Crippen LogP contribution in [0.4, 0.5) is 13.2 Å². The van der Waals surface area contributed by atoms with Crippen molar-refractivity contribution in [2.24, 2.45) is 0 Å². The predicted octanol–water partition coefficient (Wildman–Crippen LogP) is 4.09. The van der Waals surface area contributed by atoms with E-state index < -0.39 is 23.5 Å². The molecule has 0 fully saturated rings. The summed E-state index contributed by atoms with van der Waals surface area (Å²) in [6.07, 6.45) is -5.06. The molecule has 0 radical (unpaired) electrons. The zero-order chi connectivity index (χ0) is 16.9. The van der Waals surface area contributed by atoms with Crippen LogP contribution in [0.15, 0.2) is 48.5 Å². The van der Waals surface area contributed by atoms with E-state index in [0.29, 0.717) is 0 Å². The van der Waals surface area contributed by atoms with Crippen LogP contribution in [-0.4, -0.2) is 11.1 Å². The summed E-state index contributed by atoms with van der Waals surface area (Å²) in [6, 6.07) is 12.1. The molecule has 122 valence electrons. The third-order valence-corrected chi connectivity index (χ3v) is 3.28. The minimum Gasteiger partial charge on any atom is -0.508 e. The van der Waals surface area contributed by atoms with E-state index in [-0.39, 0.29) is 25.0 Å². The molecule has 23 heavy (non-hydrogen) atoms. The summed E-state index contributed by atoms with van der Waals surface area (Å²) in [7, 11) is 0. The highest BCUT2D eigenvalue weighted by Crippen LogP contribution is 2.36. The van der Waals surface area contributed by atoms with Gasteiger partial charge in [-0.05, 0) is 24.1 Å². The zero-order valence-electron chi connectivity index (χ0n) is 12.1. The van der Waals surface area contributed by atoms with Crippen molar-refractivity contribution in [1.82, 2.24) is 0 Å². The van der Waals surface area contributed by atoms with Crippen molar-refractivity contribution in [1.29, 1.82) is 0 Å². The summed E-state index contributed by atoms with van der Waals surface area (Å²) < 4.78 is 43.7. The summed E-state index contributed by atoms with van der Waals surface area (Å²) >= 11 is 0. The first-order chi connectivity index (χ1) is 10.9. The quantitative estimate of drug-likeness (QED) is 0.843. The third kappa shape index (κ3) is 4.74. The molecule has 6 heteroatoms. The molecule has 0 aliphatic rings. The standard InChI is InChI=1S/C17H15F3O3/c18-17(19,20)14-7-4-8-15(21)13(14)9-10-16(22)23-11-12-5-2-1-3-6-12/h1-8,21H,9-11H2. The normalized spacial score (nSPS) is 11.3. The van der Waals surface area contributed by atoms with Gasteiger partial charge in [0.15, 0.2) is 0 Å². The van der Waals surface area contributed by atoms with Gasteiger partial charge in [-0.3, -0.25) is 4.79 Å². The Balaban J connectivity index is 1.97. The molecule has 0 aromatic heterocycles. The van der Waals surface area contributed by atoms with E-state index in [2.05, 4.69) is 0 Å². The lowest BCUT2D eigenvalue weighted by molar-refractivity contribution is -0.145. The third-order valence-electron chi connectivity index (χ3n) is 3.28. The van der Waals surface area contributed by atoms with Crippen LogP contribution < -0.4 is 0 Å². The highest BCUT2D eigenvalue weighted by atomic mass is 19.4. The fourth-order valence-electron chi connectivity index (χ4n) is 2.14. The van der Waals surface area contributed by atoms with Gasteiger partial charge in [-0.1, -0.05) is 36.4 Å². The Morgan fingerprint density at radius 2 is 1.74 bits per heavy atom. The molecule has 0 atom stereocenters. The molecular weight excluding hydrogens is 309 g/mol. The molecule has 2 aromatic carbocycles. The van der Waals surface area contributed by atoms with Crippen molar-refractivity contribution < 1.29 is 27.8 Å². The first kappa shape index (κ1) is 16.9. The summed E-state index contributed by atoms with van der Waals surface area (Å²) in [5.41, 5.74) is -0.440. The van der Waals surface area contributed by atoms with Crippen LogP contribution in [0.1, 0.15) is 23.1 Å². The number of hydrogen-bond donors (Lipinski definition) is 1. The molecule has 0 saturated carbocycles. The number of halogens is 3. The molecule has 1 N–H and O–H groups in total. The molecule has 0 amide bonds. The maximum atomic E-state index is 12.9. The summed E-state index contributed by atoms with van der Waals surface area (Å²) in [5, 5.41) is 9.62. The monoisotopic (exact) mass is 324 g/mol. The number of carbonyl (C=O) groups excluding carboxylic acids is 1. The van der Waals surface area contributed by atoms with Gasteiger partial charge in [-0.2, -0.15) is 13.2 Å². The lowest BCUT2D eigenvalue weighted by Gasteiger charge is -2.14. The summed E-state index contributed by atoms with van der Waals surface area (Å²) in [6.45, 7) is 0.0621. The minimum absolute atomic E-state index is 0.0621. The van der Waals surface area contributed by atoms with Crippen LogP contribution in [0.25, 0.3) is 0 Å². The molecular formula is C17H15F3O3. The largest absolute Gasteiger partial charge is 0.508 e. The molecule has 0 spiro atoms. The van der Waals surface area contributed by atoms with Crippen LogP contribution in [0.5, 0.6) is 5.75 Å². The van der Waals surface area contributed by atoms with E-state index in [9.17, 15) is 23.1 Å². The second kappa shape index (κ2) is 7.17. The number of aromatic hydroxyl groups is 1. The fourth-order valence-corrected chi connectivity index (χ4v) is 2.14. The Labute approximate surface area is 131 Å². The fraction of sp³-hybridized carbons (Fsp3) is 0.235. The zero-order valence-corrected chi connectivity index (χ0v) is 12.1. The molecule has 0 heterocycles. The van der Waals surface area contributed by atoms with Crippen molar-refractivity contribution in [3.05, 3.63) is 65.2 Å². The second-order valence-electron chi connectivity index (χ2n) is 4.95. The number of carbonyl (C=O) groups is 1.